The van der Waals surface area contributed by atoms with Crippen LogP contribution >= 0.6 is 11.6 Å². The summed E-state index contributed by atoms with van der Waals surface area (Å²) in [4.78, 5) is 0. The average Bonchev–Trinajstić information content (AvgIpc) is 2.55. The van der Waals surface area contributed by atoms with Gasteiger partial charge in [0.15, 0.2) is 0 Å². The maximum Gasteiger partial charge on any atom is 0.0637 e. The molecule has 80 valence electrons. The molecule has 1 aromatic heterocycles. The average molecular weight is 215 g/mol. The van der Waals surface area contributed by atoms with Crippen LogP contribution in [0.4, 0.5) is 0 Å². The van der Waals surface area contributed by atoms with Crippen LogP contribution in [0.3, 0.4) is 0 Å². The van der Waals surface area contributed by atoms with Gasteiger partial charge in [-0.15, -0.1) is 11.6 Å². The molecule has 0 bridgehead atoms. The summed E-state index contributed by atoms with van der Waals surface area (Å²) in [6, 6.07) is 0. The van der Waals surface area contributed by atoms with Crippen LogP contribution in [0.25, 0.3) is 0 Å². The smallest absolute Gasteiger partial charge is 0.0637 e. The Morgan fingerprint density at radius 1 is 1.43 bits per heavy atom. The van der Waals surface area contributed by atoms with Crippen molar-refractivity contribution in [3.8, 4) is 0 Å². The molecular weight excluding hydrogens is 196 g/mol. The molecule has 0 radical (unpaired) electrons. The fraction of sp³-hybridized carbons (Fsp3) is 0.727. The molecule has 0 aliphatic carbocycles. The van der Waals surface area contributed by atoms with Gasteiger partial charge < -0.3 is 0 Å². The number of rotatable bonds is 5. The third-order valence-corrected chi connectivity index (χ3v) is 3.08. The van der Waals surface area contributed by atoms with Crippen molar-refractivity contribution in [1.82, 2.24) is 9.78 Å². The van der Waals surface area contributed by atoms with Crippen LogP contribution in [0.2, 0.25) is 0 Å². The van der Waals surface area contributed by atoms with Gasteiger partial charge in [-0.25, -0.2) is 0 Å². The van der Waals surface area contributed by atoms with Gasteiger partial charge in [-0.3, -0.25) is 4.68 Å². The number of nitrogens with zero attached hydrogens (tertiary/aromatic N) is 2. The van der Waals surface area contributed by atoms with Gasteiger partial charge in [0.2, 0.25) is 0 Å². The van der Waals surface area contributed by atoms with E-state index in [0.717, 1.165) is 23.7 Å². The van der Waals surface area contributed by atoms with E-state index in [1.54, 1.807) is 0 Å². The molecule has 0 aromatic carbocycles. The molecule has 0 spiro atoms. The summed E-state index contributed by atoms with van der Waals surface area (Å²) < 4.78 is 2.03. The van der Waals surface area contributed by atoms with Gasteiger partial charge in [0.05, 0.1) is 11.6 Å². The van der Waals surface area contributed by atoms with Gasteiger partial charge in [-0.1, -0.05) is 26.7 Å². The third kappa shape index (κ3) is 2.74. The highest BCUT2D eigenvalue weighted by Gasteiger charge is 2.08. The lowest BCUT2D eigenvalue weighted by Gasteiger charge is -2.11. The van der Waals surface area contributed by atoms with E-state index in [4.69, 9.17) is 11.6 Å². The van der Waals surface area contributed by atoms with Gasteiger partial charge in [0.1, 0.15) is 0 Å². The summed E-state index contributed by atoms with van der Waals surface area (Å²) in [5.74, 6) is 1.30. The lowest BCUT2D eigenvalue weighted by molar-refractivity contribution is 0.395. The summed E-state index contributed by atoms with van der Waals surface area (Å²) >= 11 is 5.80. The summed E-state index contributed by atoms with van der Waals surface area (Å²) in [6.07, 6.45) is 4.50. The minimum absolute atomic E-state index is 0.564. The Bertz CT molecular complexity index is 277. The van der Waals surface area contributed by atoms with Crippen molar-refractivity contribution in [3.05, 3.63) is 17.5 Å². The molecule has 0 unspecified atom stereocenters. The predicted octanol–water partition coefficient (Wildman–Crippen LogP) is 3.37. The fourth-order valence-corrected chi connectivity index (χ4v) is 1.86. The quantitative estimate of drug-likeness (QED) is 0.688. The van der Waals surface area contributed by atoms with Crippen LogP contribution in [0.5, 0.6) is 0 Å². The molecule has 0 aliphatic heterocycles. The number of halogens is 1. The van der Waals surface area contributed by atoms with E-state index in [1.165, 1.54) is 12.8 Å². The van der Waals surface area contributed by atoms with E-state index >= 15 is 0 Å². The molecule has 3 heteroatoms. The van der Waals surface area contributed by atoms with Gasteiger partial charge in [-0.05, 0) is 12.8 Å². The molecule has 1 aromatic rings. The number of hydrogen-bond acceptors (Lipinski definition) is 1. The normalized spacial score (nSPS) is 11.2. The maximum absolute atomic E-state index is 5.80. The Morgan fingerprint density at radius 2 is 2.07 bits per heavy atom. The lowest BCUT2D eigenvalue weighted by Crippen LogP contribution is -2.09. The number of alkyl halides is 1. The first kappa shape index (κ1) is 11.6. The maximum atomic E-state index is 5.80. The van der Waals surface area contributed by atoms with Crippen molar-refractivity contribution in [1.29, 1.82) is 0 Å². The molecule has 0 aliphatic rings. The molecule has 0 amide bonds. The highest BCUT2D eigenvalue weighted by atomic mass is 35.5. The van der Waals surface area contributed by atoms with Crippen molar-refractivity contribution in [2.45, 2.75) is 46.0 Å². The molecule has 0 saturated heterocycles. The molecule has 0 atom stereocenters. The van der Waals surface area contributed by atoms with Crippen LogP contribution in [-0.2, 0) is 12.4 Å². The van der Waals surface area contributed by atoms with Crippen LogP contribution in [0.1, 0.15) is 37.9 Å². The summed E-state index contributed by atoms with van der Waals surface area (Å²) in [5.41, 5.74) is 2.21. The Kier molecular flexibility index (Phi) is 4.46. The molecule has 2 nitrogen and oxygen atoms in total. The summed E-state index contributed by atoms with van der Waals surface area (Å²) in [7, 11) is 0. The van der Waals surface area contributed by atoms with E-state index in [-0.39, 0.29) is 0 Å². The second-order valence-electron chi connectivity index (χ2n) is 3.78. The second-order valence-corrected chi connectivity index (χ2v) is 4.05. The number of hydrogen-bond donors (Lipinski definition) is 0. The number of aryl methyl sites for hydroxylation is 1. The standard InChI is InChI=1S/C11H19ClN2/c1-4-10(5-2)7-14-8-11(6-12)9(3)13-14/h8,10H,4-7H2,1-3H3. The zero-order valence-electron chi connectivity index (χ0n) is 9.26. The fourth-order valence-electron chi connectivity index (χ4n) is 1.60. The van der Waals surface area contributed by atoms with Crippen LogP contribution < -0.4 is 0 Å². The molecule has 1 heterocycles. The highest BCUT2D eigenvalue weighted by Crippen LogP contribution is 2.13. The molecule has 0 N–H and O–H groups in total. The first-order valence-electron chi connectivity index (χ1n) is 5.30. The van der Waals surface area contributed by atoms with E-state index in [9.17, 15) is 0 Å². The Morgan fingerprint density at radius 3 is 2.50 bits per heavy atom. The van der Waals surface area contributed by atoms with E-state index in [1.807, 2.05) is 11.6 Å². The SMILES string of the molecule is CCC(CC)Cn1cc(CCl)c(C)n1. The van der Waals surface area contributed by atoms with Crippen LogP contribution in [0.15, 0.2) is 6.20 Å². The Balaban J connectivity index is 2.67. The number of aromatic nitrogens is 2. The first-order valence-corrected chi connectivity index (χ1v) is 5.83. The Hall–Kier alpha value is -0.500. The van der Waals surface area contributed by atoms with Gasteiger partial charge >= 0.3 is 0 Å². The second kappa shape index (κ2) is 5.40. The zero-order chi connectivity index (χ0) is 10.6. The largest absolute Gasteiger partial charge is 0.272 e. The summed E-state index contributed by atoms with van der Waals surface area (Å²) in [6.45, 7) is 7.49. The van der Waals surface area contributed by atoms with E-state index in [2.05, 4.69) is 25.1 Å². The molecule has 1 rings (SSSR count). The van der Waals surface area contributed by atoms with Crippen molar-refractivity contribution >= 4 is 11.6 Å². The van der Waals surface area contributed by atoms with E-state index < -0.39 is 0 Å². The van der Waals surface area contributed by atoms with Crippen LogP contribution in [0, 0.1) is 12.8 Å². The van der Waals surface area contributed by atoms with Gasteiger partial charge in [-0.2, -0.15) is 5.10 Å². The topological polar surface area (TPSA) is 17.8 Å². The molecule has 14 heavy (non-hydrogen) atoms. The lowest BCUT2D eigenvalue weighted by atomic mass is 10.0. The van der Waals surface area contributed by atoms with Crippen LogP contribution in [-0.4, -0.2) is 9.78 Å². The molecule has 0 fully saturated rings. The van der Waals surface area contributed by atoms with Crippen molar-refractivity contribution in [2.75, 3.05) is 0 Å². The first-order chi connectivity index (χ1) is 6.71. The highest BCUT2D eigenvalue weighted by molar-refractivity contribution is 6.17. The Labute approximate surface area is 91.3 Å². The predicted molar refractivity (Wildman–Crippen MR) is 60.6 cm³/mol. The van der Waals surface area contributed by atoms with E-state index in [0.29, 0.717) is 5.88 Å². The van der Waals surface area contributed by atoms with Gasteiger partial charge in [0.25, 0.3) is 0 Å². The summed E-state index contributed by atoms with van der Waals surface area (Å²) in [5, 5.41) is 4.45. The molecule has 0 saturated carbocycles. The monoisotopic (exact) mass is 214 g/mol. The van der Waals surface area contributed by atoms with Crippen molar-refractivity contribution < 1.29 is 0 Å². The minimum Gasteiger partial charge on any atom is -0.272 e. The van der Waals surface area contributed by atoms with Crippen molar-refractivity contribution in [3.63, 3.8) is 0 Å². The molecular formula is C11H19ClN2. The van der Waals surface area contributed by atoms with Crippen molar-refractivity contribution in [2.24, 2.45) is 5.92 Å². The van der Waals surface area contributed by atoms with Gasteiger partial charge in [0, 0.05) is 18.3 Å². The minimum atomic E-state index is 0.564. The zero-order valence-corrected chi connectivity index (χ0v) is 10.0. The third-order valence-electron chi connectivity index (χ3n) is 2.79.